The smallest absolute Gasteiger partial charge is 0.193 e. The molecule has 8 heteroatoms. The lowest BCUT2D eigenvalue weighted by atomic mass is 10.3. The van der Waals surface area contributed by atoms with Gasteiger partial charge in [-0.15, -0.1) is 24.0 Å². The number of nitrogens with one attached hydrogen (secondary N) is 1. The van der Waals surface area contributed by atoms with Crippen LogP contribution in [0, 0.1) is 0 Å². The van der Waals surface area contributed by atoms with Gasteiger partial charge in [-0.05, 0) is 24.3 Å². The van der Waals surface area contributed by atoms with E-state index in [-0.39, 0.29) is 24.0 Å². The van der Waals surface area contributed by atoms with Crippen LogP contribution >= 0.6 is 24.0 Å². The molecule has 0 atom stereocenters. The third-order valence-corrected chi connectivity index (χ3v) is 4.59. The zero-order valence-corrected chi connectivity index (χ0v) is 19.2. The predicted octanol–water partition coefficient (Wildman–Crippen LogP) is 2.35. The molecule has 1 saturated heterocycles. The number of pyridine rings is 1. The predicted molar refractivity (Wildman–Crippen MR) is 126 cm³/mol. The second-order valence-electron chi connectivity index (χ2n) is 6.50. The fourth-order valence-electron chi connectivity index (χ4n) is 3.09. The topological polar surface area (TPSA) is 62.2 Å². The minimum absolute atomic E-state index is 0. The molecule has 29 heavy (non-hydrogen) atoms. The summed E-state index contributed by atoms with van der Waals surface area (Å²) in [4.78, 5) is 13.2. The maximum Gasteiger partial charge on any atom is 0.193 e. The molecule has 0 spiro atoms. The van der Waals surface area contributed by atoms with Gasteiger partial charge in [-0.25, -0.2) is 0 Å². The summed E-state index contributed by atoms with van der Waals surface area (Å²) < 4.78 is 11.5. The van der Waals surface area contributed by atoms with Crippen molar-refractivity contribution in [2.75, 3.05) is 59.5 Å². The van der Waals surface area contributed by atoms with Gasteiger partial charge < -0.3 is 19.7 Å². The van der Waals surface area contributed by atoms with Gasteiger partial charge in [0.1, 0.15) is 24.7 Å². The van der Waals surface area contributed by atoms with Gasteiger partial charge in [0.25, 0.3) is 0 Å². The van der Waals surface area contributed by atoms with Crippen molar-refractivity contribution in [3.05, 3.63) is 54.9 Å². The SMILES string of the molecule is CN=C(NCCOc1cccnc1)N1CCN(CCOc2ccccc2)CC1.I. The Labute approximate surface area is 190 Å². The van der Waals surface area contributed by atoms with Crippen molar-refractivity contribution in [1.29, 1.82) is 0 Å². The van der Waals surface area contributed by atoms with Crippen LogP contribution in [0.1, 0.15) is 0 Å². The first-order chi connectivity index (χ1) is 13.8. The van der Waals surface area contributed by atoms with Crippen LogP contribution in [0.4, 0.5) is 0 Å². The monoisotopic (exact) mass is 511 g/mol. The number of hydrogen-bond acceptors (Lipinski definition) is 5. The summed E-state index contributed by atoms with van der Waals surface area (Å²) in [6.07, 6.45) is 3.45. The first kappa shape index (κ1) is 23.2. The van der Waals surface area contributed by atoms with Gasteiger partial charge in [0.2, 0.25) is 0 Å². The van der Waals surface area contributed by atoms with Crippen LogP contribution < -0.4 is 14.8 Å². The Hall–Kier alpha value is -2.07. The summed E-state index contributed by atoms with van der Waals surface area (Å²) >= 11 is 0. The molecule has 0 radical (unpaired) electrons. The second-order valence-corrected chi connectivity index (χ2v) is 6.50. The van der Waals surface area contributed by atoms with Crippen molar-refractivity contribution in [2.24, 2.45) is 4.99 Å². The van der Waals surface area contributed by atoms with E-state index in [1.807, 2.05) is 49.5 Å². The van der Waals surface area contributed by atoms with E-state index in [0.29, 0.717) is 19.8 Å². The lowest BCUT2D eigenvalue weighted by molar-refractivity contribution is 0.152. The fraction of sp³-hybridized carbons (Fsp3) is 0.429. The number of ether oxygens (including phenoxy) is 2. The molecule has 7 nitrogen and oxygen atoms in total. The number of nitrogens with zero attached hydrogens (tertiary/aromatic N) is 4. The number of aromatic nitrogens is 1. The van der Waals surface area contributed by atoms with Gasteiger partial charge in [0.05, 0.1) is 12.7 Å². The first-order valence-electron chi connectivity index (χ1n) is 9.74. The molecule has 1 fully saturated rings. The highest BCUT2D eigenvalue weighted by atomic mass is 127. The minimum Gasteiger partial charge on any atom is -0.492 e. The van der Waals surface area contributed by atoms with E-state index in [4.69, 9.17) is 9.47 Å². The summed E-state index contributed by atoms with van der Waals surface area (Å²) in [5.74, 6) is 2.64. The third kappa shape index (κ3) is 8.06. The zero-order valence-electron chi connectivity index (χ0n) is 16.9. The van der Waals surface area contributed by atoms with Crippen LogP contribution in [-0.4, -0.2) is 80.3 Å². The van der Waals surface area contributed by atoms with Crippen LogP contribution in [0.3, 0.4) is 0 Å². The number of hydrogen-bond donors (Lipinski definition) is 1. The average molecular weight is 511 g/mol. The van der Waals surface area contributed by atoms with Crippen molar-refractivity contribution in [3.63, 3.8) is 0 Å². The summed E-state index contributed by atoms with van der Waals surface area (Å²) in [5.41, 5.74) is 0. The number of para-hydroxylation sites is 1. The number of piperazine rings is 1. The molecule has 1 aliphatic heterocycles. The molecule has 0 aliphatic carbocycles. The van der Waals surface area contributed by atoms with E-state index >= 15 is 0 Å². The number of aliphatic imine (C=N–C) groups is 1. The largest absolute Gasteiger partial charge is 0.492 e. The summed E-state index contributed by atoms with van der Waals surface area (Å²) in [5, 5.41) is 3.38. The molecule has 1 aromatic heterocycles. The Morgan fingerprint density at radius 1 is 1.00 bits per heavy atom. The molecule has 3 rings (SSSR count). The minimum atomic E-state index is 0. The van der Waals surface area contributed by atoms with Crippen LogP contribution in [0.5, 0.6) is 11.5 Å². The highest BCUT2D eigenvalue weighted by molar-refractivity contribution is 14.0. The molecular formula is C21H30IN5O2. The maximum atomic E-state index is 5.80. The van der Waals surface area contributed by atoms with Gasteiger partial charge in [0.15, 0.2) is 5.96 Å². The van der Waals surface area contributed by atoms with Crippen molar-refractivity contribution >= 4 is 29.9 Å². The summed E-state index contributed by atoms with van der Waals surface area (Å²) in [7, 11) is 1.82. The molecule has 158 valence electrons. The van der Waals surface area contributed by atoms with E-state index < -0.39 is 0 Å². The summed E-state index contributed by atoms with van der Waals surface area (Å²) in [6, 6.07) is 13.7. The van der Waals surface area contributed by atoms with E-state index in [0.717, 1.165) is 50.2 Å². The van der Waals surface area contributed by atoms with E-state index in [1.54, 1.807) is 12.4 Å². The first-order valence-corrected chi connectivity index (χ1v) is 9.74. The average Bonchev–Trinajstić information content (AvgIpc) is 2.76. The van der Waals surface area contributed by atoms with E-state index in [1.165, 1.54) is 0 Å². The van der Waals surface area contributed by atoms with Crippen molar-refractivity contribution in [3.8, 4) is 11.5 Å². The van der Waals surface area contributed by atoms with Crippen LogP contribution in [0.2, 0.25) is 0 Å². The molecule has 0 saturated carbocycles. The van der Waals surface area contributed by atoms with E-state index in [9.17, 15) is 0 Å². The Morgan fingerprint density at radius 3 is 2.41 bits per heavy atom. The molecule has 0 amide bonds. The highest BCUT2D eigenvalue weighted by Crippen LogP contribution is 2.09. The van der Waals surface area contributed by atoms with Gasteiger partial charge >= 0.3 is 0 Å². The van der Waals surface area contributed by atoms with E-state index in [2.05, 4.69) is 25.1 Å². The quantitative estimate of drug-likeness (QED) is 0.254. The Morgan fingerprint density at radius 2 is 1.72 bits per heavy atom. The third-order valence-electron chi connectivity index (χ3n) is 4.59. The number of guanidine groups is 1. The van der Waals surface area contributed by atoms with Gasteiger partial charge in [-0.1, -0.05) is 18.2 Å². The van der Waals surface area contributed by atoms with Gasteiger partial charge in [0, 0.05) is 46.0 Å². The maximum absolute atomic E-state index is 5.80. The number of halogens is 1. The van der Waals surface area contributed by atoms with Crippen LogP contribution in [0.15, 0.2) is 59.9 Å². The van der Waals surface area contributed by atoms with Crippen molar-refractivity contribution < 1.29 is 9.47 Å². The van der Waals surface area contributed by atoms with Gasteiger partial charge in [-0.2, -0.15) is 0 Å². The standard InChI is InChI=1S/C21H29N5O2.HI/c1-22-21(24-10-16-27-20-8-5-9-23-18-20)26-13-11-25(12-14-26)15-17-28-19-6-3-2-4-7-19;/h2-9,18H,10-17H2,1H3,(H,22,24);1H. The lowest BCUT2D eigenvalue weighted by Gasteiger charge is -2.36. The Bertz CT molecular complexity index is 710. The second kappa shape index (κ2) is 13.2. The molecule has 2 heterocycles. The van der Waals surface area contributed by atoms with Crippen molar-refractivity contribution in [2.45, 2.75) is 0 Å². The molecular weight excluding hydrogens is 481 g/mol. The zero-order chi connectivity index (χ0) is 19.4. The molecule has 0 unspecified atom stereocenters. The Balaban J connectivity index is 0.00000300. The molecule has 1 N–H and O–H groups in total. The van der Waals surface area contributed by atoms with Crippen LogP contribution in [-0.2, 0) is 0 Å². The number of benzene rings is 1. The van der Waals surface area contributed by atoms with Crippen LogP contribution in [0.25, 0.3) is 0 Å². The van der Waals surface area contributed by atoms with Crippen molar-refractivity contribution in [1.82, 2.24) is 20.1 Å². The number of rotatable bonds is 8. The van der Waals surface area contributed by atoms with Gasteiger partial charge in [-0.3, -0.25) is 14.9 Å². The molecule has 0 bridgehead atoms. The normalized spacial score (nSPS) is 14.8. The molecule has 2 aromatic rings. The fourth-order valence-corrected chi connectivity index (χ4v) is 3.09. The summed E-state index contributed by atoms with van der Waals surface area (Å²) in [6.45, 7) is 6.84. The molecule has 1 aliphatic rings. The lowest BCUT2D eigenvalue weighted by Crippen LogP contribution is -2.53. The highest BCUT2D eigenvalue weighted by Gasteiger charge is 2.19. The molecule has 1 aromatic carbocycles. The Kier molecular flexibility index (Phi) is 10.6.